The van der Waals surface area contributed by atoms with Crippen molar-refractivity contribution >= 4 is 18.0 Å². The Labute approximate surface area is 244 Å². The van der Waals surface area contributed by atoms with Crippen LogP contribution in [-0.2, 0) is 30.4 Å². The van der Waals surface area contributed by atoms with E-state index in [0.29, 0.717) is 13.0 Å². The number of amides is 2. The highest BCUT2D eigenvalue weighted by molar-refractivity contribution is 5.91. The molecule has 0 radical (unpaired) electrons. The van der Waals surface area contributed by atoms with Crippen molar-refractivity contribution in [2.24, 2.45) is 0 Å². The Morgan fingerprint density at radius 1 is 0.976 bits per heavy atom. The Morgan fingerprint density at radius 3 is 2.29 bits per heavy atom. The third kappa shape index (κ3) is 5.37. The van der Waals surface area contributed by atoms with Crippen LogP contribution in [0.2, 0.25) is 0 Å². The first-order valence-electron chi connectivity index (χ1n) is 14.4. The molecule has 0 bridgehead atoms. The van der Waals surface area contributed by atoms with Gasteiger partial charge in [0.1, 0.15) is 18.7 Å². The number of aliphatic carboxylic acids is 1. The van der Waals surface area contributed by atoms with Crippen LogP contribution in [0.4, 0.5) is 4.79 Å². The van der Waals surface area contributed by atoms with E-state index < -0.39 is 36.2 Å². The largest absolute Gasteiger partial charge is 0.480 e. The number of benzene rings is 3. The number of ether oxygens (including phenoxy) is 3. The first-order chi connectivity index (χ1) is 20.4. The van der Waals surface area contributed by atoms with Crippen molar-refractivity contribution in [3.05, 3.63) is 95.6 Å². The molecule has 3 aliphatic rings. The summed E-state index contributed by atoms with van der Waals surface area (Å²) in [7, 11) is 0. The van der Waals surface area contributed by atoms with Crippen LogP contribution in [0.5, 0.6) is 0 Å². The minimum Gasteiger partial charge on any atom is -0.480 e. The SMILES string of the molecule is CC(OCc1ccccc1)C(NC(=O)OCC1c2ccccc2-c2ccccc21)C(=O)N1C(C(=O)O)C[C@@H]2OCC[C@@H]21. The fourth-order valence-corrected chi connectivity index (χ4v) is 6.49. The molecule has 3 aromatic rings. The molecular formula is C33H34N2O7. The average molecular weight is 571 g/mol. The number of alkyl carbamates (subject to hydrolysis) is 1. The summed E-state index contributed by atoms with van der Waals surface area (Å²) < 4.78 is 17.5. The van der Waals surface area contributed by atoms with E-state index in [9.17, 15) is 19.5 Å². The van der Waals surface area contributed by atoms with Crippen LogP contribution in [0.15, 0.2) is 78.9 Å². The molecule has 9 heteroatoms. The molecule has 6 rings (SSSR count). The monoisotopic (exact) mass is 570 g/mol. The summed E-state index contributed by atoms with van der Waals surface area (Å²) in [5.74, 6) is -1.76. The topological polar surface area (TPSA) is 114 Å². The van der Waals surface area contributed by atoms with Crippen molar-refractivity contribution in [2.45, 2.75) is 62.6 Å². The van der Waals surface area contributed by atoms with Crippen molar-refractivity contribution in [1.29, 1.82) is 0 Å². The number of hydrogen-bond donors (Lipinski definition) is 2. The first kappa shape index (κ1) is 27.9. The predicted octanol–water partition coefficient (Wildman–Crippen LogP) is 4.34. The molecule has 2 saturated heterocycles. The van der Waals surface area contributed by atoms with Crippen LogP contribution >= 0.6 is 0 Å². The number of fused-ring (bicyclic) bond motifs is 4. The zero-order valence-electron chi connectivity index (χ0n) is 23.3. The molecule has 0 aromatic heterocycles. The maximum Gasteiger partial charge on any atom is 0.407 e. The maximum absolute atomic E-state index is 14.0. The lowest BCUT2D eigenvalue weighted by Crippen LogP contribution is -2.58. The zero-order chi connectivity index (χ0) is 29.2. The second-order valence-electron chi connectivity index (χ2n) is 11.0. The van der Waals surface area contributed by atoms with Gasteiger partial charge in [-0.15, -0.1) is 0 Å². The van der Waals surface area contributed by atoms with E-state index in [1.54, 1.807) is 6.92 Å². The maximum atomic E-state index is 14.0. The van der Waals surface area contributed by atoms with Crippen molar-refractivity contribution in [1.82, 2.24) is 10.2 Å². The lowest BCUT2D eigenvalue weighted by molar-refractivity contribution is -0.152. The first-order valence-corrected chi connectivity index (χ1v) is 14.4. The number of carbonyl (C=O) groups excluding carboxylic acids is 2. The summed E-state index contributed by atoms with van der Waals surface area (Å²) in [6.07, 6.45) is -1.13. The van der Waals surface area contributed by atoms with Gasteiger partial charge < -0.3 is 29.5 Å². The highest BCUT2D eigenvalue weighted by Crippen LogP contribution is 2.44. The molecule has 3 aromatic carbocycles. The third-order valence-electron chi connectivity index (χ3n) is 8.57. The van der Waals surface area contributed by atoms with E-state index in [-0.39, 0.29) is 37.7 Å². The lowest BCUT2D eigenvalue weighted by atomic mass is 9.98. The van der Waals surface area contributed by atoms with E-state index in [2.05, 4.69) is 17.4 Å². The molecule has 5 atom stereocenters. The third-order valence-corrected chi connectivity index (χ3v) is 8.57. The molecule has 2 amide bonds. The molecule has 0 spiro atoms. The summed E-state index contributed by atoms with van der Waals surface area (Å²) in [6.45, 7) is 2.45. The number of likely N-dealkylation sites (tertiary alicyclic amines) is 1. The number of nitrogens with zero attached hydrogens (tertiary/aromatic N) is 1. The Bertz CT molecular complexity index is 1420. The van der Waals surface area contributed by atoms with Crippen molar-refractivity contribution in [3.8, 4) is 11.1 Å². The second-order valence-corrected chi connectivity index (χ2v) is 11.0. The number of hydrogen-bond acceptors (Lipinski definition) is 6. The van der Waals surface area contributed by atoms with E-state index in [1.165, 1.54) is 4.90 Å². The van der Waals surface area contributed by atoms with Crippen LogP contribution in [0.25, 0.3) is 11.1 Å². The fraction of sp³-hybridized carbons (Fsp3) is 0.364. The minimum atomic E-state index is -1.16. The zero-order valence-corrected chi connectivity index (χ0v) is 23.3. The van der Waals surface area contributed by atoms with Crippen molar-refractivity contribution in [2.75, 3.05) is 13.2 Å². The Morgan fingerprint density at radius 2 is 1.62 bits per heavy atom. The van der Waals surface area contributed by atoms with E-state index in [4.69, 9.17) is 14.2 Å². The summed E-state index contributed by atoms with van der Waals surface area (Å²) in [6, 6.07) is 23.0. The highest BCUT2D eigenvalue weighted by atomic mass is 16.6. The van der Waals surface area contributed by atoms with Gasteiger partial charge in [-0.3, -0.25) is 4.79 Å². The number of carbonyl (C=O) groups is 3. The molecule has 9 nitrogen and oxygen atoms in total. The normalized spacial score (nSPS) is 22.1. The van der Waals surface area contributed by atoms with Crippen LogP contribution in [0.3, 0.4) is 0 Å². The van der Waals surface area contributed by atoms with E-state index in [0.717, 1.165) is 27.8 Å². The molecule has 42 heavy (non-hydrogen) atoms. The van der Waals surface area contributed by atoms with Crippen LogP contribution in [0.1, 0.15) is 42.4 Å². The van der Waals surface area contributed by atoms with Gasteiger partial charge in [-0.25, -0.2) is 9.59 Å². The number of rotatable bonds is 9. The van der Waals surface area contributed by atoms with E-state index >= 15 is 0 Å². The van der Waals surface area contributed by atoms with Crippen LogP contribution in [0, 0.1) is 0 Å². The highest BCUT2D eigenvalue weighted by Gasteiger charge is 2.52. The molecule has 2 fully saturated rings. The van der Waals surface area contributed by atoms with Gasteiger partial charge in [-0.2, -0.15) is 0 Å². The summed E-state index contributed by atoms with van der Waals surface area (Å²) in [4.78, 5) is 40.8. The van der Waals surface area contributed by atoms with Gasteiger partial charge in [0.05, 0.1) is 24.9 Å². The van der Waals surface area contributed by atoms with Gasteiger partial charge in [0.25, 0.3) is 0 Å². The minimum absolute atomic E-state index is 0.0834. The van der Waals surface area contributed by atoms with Gasteiger partial charge >= 0.3 is 12.1 Å². The van der Waals surface area contributed by atoms with Crippen LogP contribution < -0.4 is 5.32 Å². The number of nitrogens with one attached hydrogen (secondary N) is 1. The quantitative estimate of drug-likeness (QED) is 0.393. The lowest BCUT2D eigenvalue weighted by Gasteiger charge is -2.33. The molecular weight excluding hydrogens is 536 g/mol. The summed E-state index contributed by atoms with van der Waals surface area (Å²) in [5, 5.41) is 12.6. The van der Waals surface area contributed by atoms with Crippen LogP contribution in [-0.4, -0.2) is 71.5 Å². The molecule has 0 saturated carbocycles. The Kier molecular flexibility index (Phi) is 7.95. The summed E-state index contributed by atoms with van der Waals surface area (Å²) in [5.41, 5.74) is 5.28. The molecule has 2 aliphatic heterocycles. The van der Waals surface area contributed by atoms with Gasteiger partial charge in [-0.05, 0) is 41.2 Å². The predicted molar refractivity (Wildman–Crippen MR) is 154 cm³/mol. The van der Waals surface area contributed by atoms with Gasteiger partial charge in [0.2, 0.25) is 5.91 Å². The Balaban J connectivity index is 1.20. The fourth-order valence-electron chi connectivity index (χ4n) is 6.49. The van der Waals surface area contributed by atoms with E-state index in [1.807, 2.05) is 66.7 Å². The number of carboxylic acids is 1. The molecule has 2 heterocycles. The van der Waals surface area contributed by atoms with Gasteiger partial charge in [-0.1, -0.05) is 78.9 Å². The second kappa shape index (κ2) is 12.0. The molecule has 2 N–H and O–H groups in total. The Hall–Kier alpha value is -4.21. The average Bonchev–Trinajstić information content (AvgIpc) is 3.70. The standard InChI is InChI=1S/C33H34N2O7/c1-20(41-18-21-9-3-2-4-10-21)30(31(36)35-27-15-16-40-29(27)17-28(35)32(37)38)34-33(39)42-19-26-24-13-7-5-11-22(24)23-12-6-8-14-25(23)26/h2-14,20,26-30H,15-19H2,1H3,(H,34,39)(H,37,38)/t20?,27-,28?,29-,30?/m0/s1. The van der Waals surface area contributed by atoms with Crippen molar-refractivity contribution < 1.29 is 33.7 Å². The van der Waals surface area contributed by atoms with Gasteiger partial charge in [0.15, 0.2) is 0 Å². The smallest absolute Gasteiger partial charge is 0.407 e. The molecule has 1 aliphatic carbocycles. The number of carboxylic acid groups (broad SMARTS) is 1. The molecule has 218 valence electrons. The summed E-state index contributed by atoms with van der Waals surface area (Å²) >= 11 is 0. The van der Waals surface area contributed by atoms with Crippen molar-refractivity contribution in [3.63, 3.8) is 0 Å². The van der Waals surface area contributed by atoms with Gasteiger partial charge in [0, 0.05) is 18.9 Å². The molecule has 3 unspecified atom stereocenters.